The maximum atomic E-state index is 10.7. The lowest BCUT2D eigenvalue weighted by atomic mass is 10.2. The Balaban J connectivity index is 2.15. The molecule has 0 unspecified atom stereocenters. The van der Waals surface area contributed by atoms with Crippen molar-refractivity contribution >= 4 is 29.1 Å². The second-order valence-corrected chi connectivity index (χ2v) is 5.76. The number of aliphatic carboxylic acids is 1. The zero-order valence-corrected chi connectivity index (χ0v) is 12.6. The molecule has 0 spiro atoms. The van der Waals surface area contributed by atoms with Gasteiger partial charge in [0.25, 0.3) is 0 Å². The first-order valence-electron chi connectivity index (χ1n) is 5.97. The van der Waals surface area contributed by atoms with Crippen LogP contribution in [0.15, 0.2) is 22.0 Å². The lowest BCUT2D eigenvalue weighted by Crippen LogP contribution is -2.11. The van der Waals surface area contributed by atoms with E-state index in [9.17, 15) is 4.79 Å². The number of carbonyl (C=O) groups is 1. The molecular formula is C12H15N3O3S2. The van der Waals surface area contributed by atoms with Gasteiger partial charge >= 0.3 is 5.97 Å². The molecule has 0 aromatic carbocycles. The summed E-state index contributed by atoms with van der Waals surface area (Å²) in [5.74, 6) is -0.0622. The van der Waals surface area contributed by atoms with E-state index >= 15 is 0 Å². The van der Waals surface area contributed by atoms with Gasteiger partial charge in [-0.15, -0.1) is 10.2 Å². The minimum atomic E-state index is -0.865. The highest BCUT2D eigenvalue weighted by Gasteiger charge is 2.14. The van der Waals surface area contributed by atoms with E-state index in [1.807, 2.05) is 16.0 Å². The van der Waals surface area contributed by atoms with Crippen molar-refractivity contribution in [2.45, 2.75) is 18.1 Å². The summed E-state index contributed by atoms with van der Waals surface area (Å²) >= 11 is 2.81. The van der Waals surface area contributed by atoms with Gasteiger partial charge < -0.3 is 14.4 Å². The first-order chi connectivity index (χ1) is 9.70. The molecule has 8 heteroatoms. The standard InChI is InChI=1S/C12H15N3O3S2/c1-18-4-3-15-10(6-9-2-5-19-7-9)13-14-12(15)20-8-11(16)17/h2,5,7H,3-4,6,8H2,1H3,(H,16,17). The fourth-order valence-electron chi connectivity index (χ4n) is 1.67. The van der Waals surface area contributed by atoms with E-state index < -0.39 is 5.97 Å². The zero-order valence-electron chi connectivity index (χ0n) is 11.0. The van der Waals surface area contributed by atoms with E-state index in [4.69, 9.17) is 9.84 Å². The Bertz CT molecular complexity index is 554. The molecule has 0 saturated heterocycles. The van der Waals surface area contributed by atoms with Crippen molar-refractivity contribution in [3.8, 4) is 0 Å². The first-order valence-corrected chi connectivity index (χ1v) is 7.90. The number of thiophene rings is 1. The van der Waals surface area contributed by atoms with Gasteiger partial charge in [0.15, 0.2) is 5.16 Å². The van der Waals surface area contributed by atoms with Crippen LogP contribution in [0.1, 0.15) is 11.4 Å². The van der Waals surface area contributed by atoms with Gasteiger partial charge in [0.1, 0.15) is 5.82 Å². The number of carboxylic acid groups (broad SMARTS) is 1. The van der Waals surface area contributed by atoms with Crippen LogP contribution < -0.4 is 0 Å². The summed E-state index contributed by atoms with van der Waals surface area (Å²) in [4.78, 5) is 10.7. The van der Waals surface area contributed by atoms with Crippen LogP contribution in [0.25, 0.3) is 0 Å². The van der Waals surface area contributed by atoms with E-state index in [1.54, 1.807) is 18.4 Å². The second-order valence-electron chi connectivity index (χ2n) is 4.03. The van der Waals surface area contributed by atoms with Crippen molar-refractivity contribution in [2.24, 2.45) is 0 Å². The number of nitrogens with zero attached hydrogens (tertiary/aromatic N) is 3. The van der Waals surface area contributed by atoms with Gasteiger partial charge in [-0.25, -0.2) is 0 Å². The molecule has 0 aliphatic heterocycles. The summed E-state index contributed by atoms with van der Waals surface area (Å²) in [6, 6.07) is 2.05. The van der Waals surface area contributed by atoms with Gasteiger partial charge in [-0.2, -0.15) is 11.3 Å². The van der Waals surface area contributed by atoms with E-state index in [0.29, 0.717) is 24.7 Å². The molecule has 0 amide bonds. The largest absolute Gasteiger partial charge is 0.481 e. The number of carboxylic acids is 1. The minimum Gasteiger partial charge on any atom is -0.481 e. The van der Waals surface area contributed by atoms with Crippen LogP contribution in [0, 0.1) is 0 Å². The molecule has 2 heterocycles. The number of aromatic nitrogens is 3. The third-order valence-corrected chi connectivity index (χ3v) is 4.26. The average molecular weight is 313 g/mol. The molecule has 2 aromatic rings. The summed E-state index contributed by atoms with van der Waals surface area (Å²) in [7, 11) is 1.63. The van der Waals surface area contributed by atoms with Crippen LogP contribution in [0.2, 0.25) is 0 Å². The molecule has 2 rings (SSSR count). The Morgan fingerprint density at radius 3 is 3.05 bits per heavy atom. The van der Waals surface area contributed by atoms with Gasteiger partial charge in [0.2, 0.25) is 0 Å². The lowest BCUT2D eigenvalue weighted by Gasteiger charge is -2.08. The van der Waals surface area contributed by atoms with E-state index in [0.717, 1.165) is 5.82 Å². The molecule has 108 valence electrons. The van der Waals surface area contributed by atoms with Gasteiger partial charge in [0.05, 0.1) is 12.4 Å². The Labute approximate surface area is 124 Å². The molecule has 0 bridgehead atoms. The number of ether oxygens (including phenoxy) is 1. The van der Waals surface area contributed by atoms with Crippen LogP contribution in [-0.2, 0) is 22.5 Å². The third kappa shape index (κ3) is 4.06. The molecule has 2 aromatic heterocycles. The Morgan fingerprint density at radius 2 is 2.40 bits per heavy atom. The summed E-state index contributed by atoms with van der Waals surface area (Å²) < 4.78 is 7.01. The summed E-state index contributed by atoms with van der Waals surface area (Å²) in [6.45, 7) is 1.15. The van der Waals surface area contributed by atoms with Crippen LogP contribution in [0.4, 0.5) is 0 Å². The zero-order chi connectivity index (χ0) is 14.4. The third-order valence-electron chi connectivity index (χ3n) is 2.58. The van der Waals surface area contributed by atoms with E-state index in [-0.39, 0.29) is 5.75 Å². The predicted molar refractivity (Wildman–Crippen MR) is 77.4 cm³/mol. The SMILES string of the molecule is COCCn1c(Cc2ccsc2)nnc1SCC(=O)O. The number of hydrogen-bond acceptors (Lipinski definition) is 6. The highest BCUT2D eigenvalue weighted by atomic mass is 32.2. The number of hydrogen-bond donors (Lipinski definition) is 1. The molecule has 6 nitrogen and oxygen atoms in total. The van der Waals surface area contributed by atoms with Crippen molar-refractivity contribution in [1.82, 2.24) is 14.8 Å². The minimum absolute atomic E-state index is 0.0242. The first kappa shape index (κ1) is 15.0. The van der Waals surface area contributed by atoms with Crippen molar-refractivity contribution < 1.29 is 14.6 Å². The molecule has 0 radical (unpaired) electrons. The maximum absolute atomic E-state index is 10.7. The molecule has 0 atom stereocenters. The van der Waals surface area contributed by atoms with Crippen LogP contribution in [0.3, 0.4) is 0 Å². The van der Waals surface area contributed by atoms with Gasteiger partial charge in [-0.1, -0.05) is 11.8 Å². The van der Waals surface area contributed by atoms with Crippen molar-refractivity contribution in [3.63, 3.8) is 0 Å². The topological polar surface area (TPSA) is 77.2 Å². The normalized spacial score (nSPS) is 10.8. The molecule has 0 aliphatic carbocycles. The maximum Gasteiger partial charge on any atom is 0.313 e. The highest BCUT2D eigenvalue weighted by Crippen LogP contribution is 2.19. The van der Waals surface area contributed by atoms with E-state index in [1.165, 1.54) is 17.3 Å². The molecule has 20 heavy (non-hydrogen) atoms. The molecule has 0 fully saturated rings. The van der Waals surface area contributed by atoms with Crippen LogP contribution in [0.5, 0.6) is 0 Å². The molecule has 1 N–H and O–H groups in total. The molecule has 0 saturated carbocycles. The lowest BCUT2D eigenvalue weighted by molar-refractivity contribution is -0.133. The highest BCUT2D eigenvalue weighted by molar-refractivity contribution is 7.99. The molecule has 0 aliphatic rings. The summed E-state index contributed by atoms with van der Waals surface area (Å²) in [5.41, 5.74) is 1.18. The van der Waals surface area contributed by atoms with Crippen molar-refractivity contribution in [1.29, 1.82) is 0 Å². The quantitative estimate of drug-likeness (QED) is 0.748. The monoisotopic (exact) mass is 313 g/mol. The van der Waals surface area contributed by atoms with Gasteiger partial charge in [-0.3, -0.25) is 4.79 Å². The summed E-state index contributed by atoms with van der Waals surface area (Å²) in [6.07, 6.45) is 0.688. The van der Waals surface area contributed by atoms with E-state index in [2.05, 4.69) is 15.6 Å². The molecular weight excluding hydrogens is 298 g/mol. The van der Waals surface area contributed by atoms with Crippen molar-refractivity contribution in [2.75, 3.05) is 19.5 Å². The van der Waals surface area contributed by atoms with Crippen LogP contribution >= 0.6 is 23.1 Å². The van der Waals surface area contributed by atoms with Crippen LogP contribution in [-0.4, -0.2) is 45.3 Å². The fourth-order valence-corrected chi connectivity index (χ4v) is 3.04. The fraction of sp³-hybridized carbons (Fsp3) is 0.417. The predicted octanol–water partition coefficient (Wildman–Crippen LogP) is 1.75. The summed E-state index contributed by atoms with van der Waals surface area (Å²) in [5, 5.41) is 21.7. The number of methoxy groups -OCH3 is 1. The Kier molecular flexibility index (Phi) is 5.57. The second kappa shape index (κ2) is 7.41. The van der Waals surface area contributed by atoms with Crippen molar-refractivity contribution in [3.05, 3.63) is 28.2 Å². The Hall–Kier alpha value is -1.38. The van der Waals surface area contributed by atoms with Gasteiger partial charge in [-0.05, 0) is 22.4 Å². The van der Waals surface area contributed by atoms with Gasteiger partial charge in [0, 0.05) is 20.1 Å². The number of thioether (sulfide) groups is 1. The number of rotatable bonds is 8. The smallest absolute Gasteiger partial charge is 0.313 e. The Morgan fingerprint density at radius 1 is 1.55 bits per heavy atom. The average Bonchev–Trinajstić information content (AvgIpc) is 3.05.